The van der Waals surface area contributed by atoms with Crippen LogP contribution in [0.1, 0.15) is 23.2 Å². The number of nitrogens with zero attached hydrogens (tertiary/aromatic N) is 7. The second-order valence-electron chi connectivity index (χ2n) is 7.09. The van der Waals surface area contributed by atoms with Gasteiger partial charge in [-0.15, -0.1) is 0 Å². The summed E-state index contributed by atoms with van der Waals surface area (Å²) in [5, 5.41) is 5.07. The van der Waals surface area contributed by atoms with Gasteiger partial charge < -0.3 is 9.80 Å². The van der Waals surface area contributed by atoms with Crippen LogP contribution in [-0.2, 0) is 7.05 Å². The van der Waals surface area contributed by atoms with E-state index in [0.29, 0.717) is 11.5 Å². The van der Waals surface area contributed by atoms with Crippen molar-refractivity contribution in [3.05, 3.63) is 42.6 Å². The van der Waals surface area contributed by atoms with Crippen molar-refractivity contribution in [1.29, 1.82) is 0 Å². The Hall–Kier alpha value is -3.03. The highest BCUT2D eigenvalue weighted by Gasteiger charge is 2.24. The van der Waals surface area contributed by atoms with Gasteiger partial charge in [-0.1, -0.05) is 0 Å². The normalized spacial score (nSPS) is 15.3. The van der Waals surface area contributed by atoms with Gasteiger partial charge in [0.15, 0.2) is 5.65 Å². The Morgan fingerprint density at radius 3 is 2.81 bits per heavy atom. The Kier molecular flexibility index (Phi) is 4.70. The van der Waals surface area contributed by atoms with Crippen molar-refractivity contribution in [3.63, 3.8) is 0 Å². The van der Waals surface area contributed by atoms with Crippen molar-refractivity contribution in [2.45, 2.75) is 12.8 Å². The highest BCUT2D eigenvalue weighted by atomic mass is 16.2. The second-order valence-corrected chi connectivity index (χ2v) is 7.09. The van der Waals surface area contributed by atoms with E-state index in [4.69, 9.17) is 0 Å². The van der Waals surface area contributed by atoms with Crippen LogP contribution in [0.3, 0.4) is 0 Å². The van der Waals surface area contributed by atoms with Crippen LogP contribution in [0, 0.1) is 5.92 Å². The van der Waals surface area contributed by atoms with E-state index in [2.05, 4.69) is 25.0 Å². The summed E-state index contributed by atoms with van der Waals surface area (Å²) in [6.45, 7) is 2.59. The molecule has 27 heavy (non-hydrogen) atoms. The average Bonchev–Trinajstić information content (AvgIpc) is 3.14. The lowest BCUT2D eigenvalue weighted by Crippen LogP contribution is -2.39. The molecule has 1 amide bonds. The van der Waals surface area contributed by atoms with Crippen molar-refractivity contribution >= 4 is 22.8 Å². The maximum atomic E-state index is 12.5. The van der Waals surface area contributed by atoms with Gasteiger partial charge in [0.05, 0.1) is 17.1 Å². The van der Waals surface area contributed by atoms with Crippen LogP contribution < -0.4 is 4.90 Å². The Bertz CT molecular complexity index is 941. The number of hydrogen-bond acceptors (Lipinski definition) is 6. The minimum atomic E-state index is 0.0263. The number of rotatable bonds is 4. The molecular weight excluding hydrogens is 342 g/mol. The lowest BCUT2D eigenvalue weighted by Gasteiger charge is -2.34. The molecule has 0 spiro atoms. The van der Waals surface area contributed by atoms with Crippen molar-refractivity contribution in [1.82, 2.24) is 29.6 Å². The van der Waals surface area contributed by atoms with Gasteiger partial charge in [0, 0.05) is 46.1 Å². The van der Waals surface area contributed by atoms with Crippen LogP contribution >= 0.6 is 0 Å². The molecule has 1 saturated heterocycles. The van der Waals surface area contributed by atoms with Crippen LogP contribution in [0.25, 0.3) is 11.0 Å². The Labute approximate surface area is 157 Å². The highest BCUT2D eigenvalue weighted by molar-refractivity contribution is 5.93. The van der Waals surface area contributed by atoms with Crippen molar-refractivity contribution in [3.8, 4) is 0 Å². The molecule has 1 aliphatic rings. The van der Waals surface area contributed by atoms with Crippen molar-refractivity contribution in [2.24, 2.45) is 13.0 Å². The number of hydrogen-bond donors (Lipinski definition) is 0. The molecule has 8 heteroatoms. The zero-order valence-electron chi connectivity index (χ0n) is 15.6. The first-order chi connectivity index (χ1) is 13.1. The van der Waals surface area contributed by atoms with E-state index in [1.165, 1.54) is 0 Å². The minimum absolute atomic E-state index is 0.0263. The van der Waals surface area contributed by atoms with E-state index >= 15 is 0 Å². The first-order valence-electron chi connectivity index (χ1n) is 9.16. The molecule has 0 atom stereocenters. The second kappa shape index (κ2) is 7.30. The van der Waals surface area contributed by atoms with Gasteiger partial charge in [-0.25, -0.2) is 15.0 Å². The number of pyridine rings is 1. The largest absolute Gasteiger partial charge is 0.356 e. The lowest BCUT2D eigenvalue weighted by molar-refractivity contribution is 0.0765. The Morgan fingerprint density at radius 2 is 2.07 bits per heavy atom. The van der Waals surface area contributed by atoms with Crippen LogP contribution in [0.15, 0.2) is 37.1 Å². The number of piperidine rings is 1. The van der Waals surface area contributed by atoms with Crippen molar-refractivity contribution in [2.75, 3.05) is 31.6 Å². The monoisotopic (exact) mass is 365 g/mol. The molecule has 140 valence electrons. The minimum Gasteiger partial charge on any atom is -0.356 e. The van der Waals surface area contributed by atoms with Crippen molar-refractivity contribution < 1.29 is 4.79 Å². The standard InChI is InChI=1S/C19H23N7O/c1-24(19(27)15-10-23-25(2)12-15)11-14-5-8-26(9-6-14)18-16-4-3-7-20-17(16)21-13-22-18/h3-4,7,10,12-14H,5-6,8-9,11H2,1-2H3. The third kappa shape index (κ3) is 3.60. The number of anilines is 1. The summed E-state index contributed by atoms with van der Waals surface area (Å²) in [6, 6.07) is 3.94. The molecule has 0 aliphatic carbocycles. The van der Waals surface area contributed by atoms with Gasteiger partial charge in [-0.2, -0.15) is 5.10 Å². The molecule has 1 aliphatic heterocycles. The molecule has 0 saturated carbocycles. The first kappa shape index (κ1) is 17.4. The molecule has 0 unspecified atom stereocenters. The van der Waals surface area contributed by atoms with Crippen LogP contribution in [0.4, 0.5) is 5.82 Å². The van der Waals surface area contributed by atoms with E-state index in [9.17, 15) is 4.79 Å². The number of aromatic nitrogens is 5. The molecule has 0 aromatic carbocycles. The molecule has 0 bridgehead atoms. The summed E-state index contributed by atoms with van der Waals surface area (Å²) in [5.74, 6) is 1.46. The molecule has 0 N–H and O–H groups in total. The average molecular weight is 365 g/mol. The van der Waals surface area contributed by atoms with Gasteiger partial charge in [0.1, 0.15) is 12.1 Å². The summed E-state index contributed by atoms with van der Waals surface area (Å²) >= 11 is 0. The van der Waals surface area contributed by atoms with Gasteiger partial charge >= 0.3 is 0 Å². The van der Waals surface area contributed by atoms with Crippen LogP contribution in [0.5, 0.6) is 0 Å². The molecule has 8 nitrogen and oxygen atoms in total. The fraction of sp³-hybridized carbons (Fsp3) is 0.421. The number of carbonyl (C=O) groups is 1. The maximum absolute atomic E-state index is 12.5. The highest BCUT2D eigenvalue weighted by Crippen LogP contribution is 2.27. The van der Waals surface area contributed by atoms with Gasteiger partial charge in [-0.3, -0.25) is 9.48 Å². The predicted octanol–water partition coefficient (Wildman–Crippen LogP) is 1.75. The molecule has 3 aromatic rings. The smallest absolute Gasteiger partial charge is 0.256 e. The third-order valence-electron chi connectivity index (χ3n) is 5.13. The number of fused-ring (bicyclic) bond motifs is 1. The van der Waals surface area contributed by atoms with Crippen LogP contribution in [-0.4, -0.2) is 62.2 Å². The third-order valence-corrected chi connectivity index (χ3v) is 5.13. The number of aryl methyl sites for hydroxylation is 1. The van der Waals surface area contributed by atoms with Crippen LogP contribution in [0.2, 0.25) is 0 Å². The Morgan fingerprint density at radius 1 is 1.26 bits per heavy atom. The summed E-state index contributed by atoms with van der Waals surface area (Å²) in [7, 11) is 3.68. The fourth-order valence-corrected chi connectivity index (χ4v) is 3.68. The SMILES string of the molecule is CN(CC1CCN(c2ncnc3ncccc23)CC1)C(=O)c1cnn(C)c1. The zero-order valence-corrected chi connectivity index (χ0v) is 15.6. The van der Waals surface area contributed by atoms with E-state index in [-0.39, 0.29) is 5.91 Å². The molecule has 1 fully saturated rings. The predicted molar refractivity (Wildman–Crippen MR) is 102 cm³/mol. The van der Waals surface area contributed by atoms with Gasteiger partial charge in [-0.05, 0) is 30.9 Å². The lowest BCUT2D eigenvalue weighted by atomic mass is 9.96. The van der Waals surface area contributed by atoms with E-state index < -0.39 is 0 Å². The number of carbonyl (C=O) groups excluding carboxylic acids is 1. The quantitative estimate of drug-likeness (QED) is 0.701. The Balaban J connectivity index is 1.38. The van der Waals surface area contributed by atoms with Gasteiger partial charge in [0.2, 0.25) is 0 Å². The first-order valence-corrected chi connectivity index (χ1v) is 9.16. The van der Waals surface area contributed by atoms with E-state index in [0.717, 1.165) is 49.3 Å². The zero-order chi connectivity index (χ0) is 18.8. The summed E-state index contributed by atoms with van der Waals surface area (Å²) < 4.78 is 1.65. The van der Waals surface area contributed by atoms with E-state index in [1.54, 1.807) is 34.5 Å². The summed E-state index contributed by atoms with van der Waals surface area (Å²) in [6.07, 6.45) is 8.76. The van der Waals surface area contributed by atoms with E-state index in [1.807, 2.05) is 26.2 Å². The molecule has 4 heterocycles. The molecule has 3 aromatic heterocycles. The maximum Gasteiger partial charge on any atom is 0.256 e. The molecular formula is C19H23N7O. The molecule has 4 rings (SSSR count). The molecule has 0 radical (unpaired) electrons. The summed E-state index contributed by atoms with van der Waals surface area (Å²) in [5.41, 5.74) is 1.36. The summed E-state index contributed by atoms with van der Waals surface area (Å²) in [4.78, 5) is 29.6. The fourth-order valence-electron chi connectivity index (χ4n) is 3.68. The van der Waals surface area contributed by atoms with Gasteiger partial charge in [0.25, 0.3) is 5.91 Å². The number of amides is 1. The topological polar surface area (TPSA) is 80.0 Å².